The lowest BCUT2D eigenvalue weighted by Crippen LogP contribution is -2.37. The van der Waals surface area contributed by atoms with Gasteiger partial charge in [0.25, 0.3) is 0 Å². The Kier molecular flexibility index (Phi) is 14.0. The van der Waals surface area contributed by atoms with E-state index in [0.29, 0.717) is 13.2 Å². The molecule has 28 heavy (non-hydrogen) atoms. The number of hydrogen-bond acceptors (Lipinski definition) is 5. The van der Waals surface area contributed by atoms with Crippen molar-refractivity contribution in [3.05, 3.63) is 23.9 Å². The van der Waals surface area contributed by atoms with Gasteiger partial charge in [0.15, 0.2) is 5.96 Å². The van der Waals surface area contributed by atoms with Crippen LogP contribution in [0, 0.1) is 0 Å². The summed E-state index contributed by atoms with van der Waals surface area (Å²) in [6, 6.07) is 4.25. The molecule has 0 aromatic carbocycles. The van der Waals surface area contributed by atoms with Gasteiger partial charge in [-0.15, -0.1) is 24.0 Å². The summed E-state index contributed by atoms with van der Waals surface area (Å²) >= 11 is 0. The SMILES string of the molecule is CN=C(NCCCOCCOC)NCc1ccnc(N2CCCCCC2)c1.I. The third kappa shape index (κ3) is 9.88. The van der Waals surface area contributed by atoms with Crippen LogP contribution in [0.1, 0.15) is 37.7 Å². The fourth-order valence-electron chi connectivity index (χ4n) is 3.07. The van der Waals surface area contributed by atoms with E-state index in [1.54, 1.807) is 14.2 Å². The van der Waals surface area contributed by atoms with Crippen molar-refractivity contribution in [2.24, 2.45) is 4.99 Å². The van der Waals surface area contributed by atoms with Crippen LogP contribution in [0.25, 0.3) is 0 Å². The largest absolute Gasteiger partial charge is 0.382 e. The molecular formula is C20H36IN5O2. The topological polar surface area (TPSA) is 71.0 Å². The number of pyridine rings is 1. The van der Waals surface area contributed by atoms with E-state index in [9.17, 15) is 0 Å². The van der Waals surface area contributed by atoms with Gasteiger partial charge < -0.3 is 25.0 Å². The van der Waals surface area contributed by atoms with Crippen LogP contribution in [0.4, 0.5) is 5.82 Å². The minimum absolute atomic E-state index is 0. The molecule has 1 aromatic rings. The highest BCUT2D eigenvalue weighted by molar-refractivity contribution is 14.0. The average molecular weight is 505 g/mol. The molecule has 0 atom stereocenters. The highest BCUT2D eigenvalue weighted by Crippen LogP contribution is 2.18. The molecule has 8 heteroatoms. The molecule has 7 nitrogen and oxygen atoms in total. The molecule has 2 N–H and O–H groups in total. The number of methoxy groups -OCH3 is 1. The van der Waals surface area contributed by atoms with Crippen molar-refractivity contribution in [1.82, 2.24) is 15.6 Å². The maximum Gasteiger partial charge on any atom is 0.191 e. The molecule has 0 saturated carbocycles. The Morgan fingerprint density at radius 2 is 1.93 bits per heavy atom. The number of nitrogens with one attached hydrogen (secondary N) is 2. The fourth-order valence-corrected chi connectivity index (χ4v) is 3.07. The number of guanidine groups is 1. The van der Waals surface area contributed by atoms with Crippen molar-refractivity contribution >= 4 is 35.8 Å². The molecule has 2 rings (SSSR count). The number of halogens is 1. The monoisotopic (exact) mass is 505 g/mol. The van der Waals surface area contributed by atoms with E-state index in [1.807, 2.05) is 6.20 Å². The van der Waals surface area contributed by atoms with E-state index in [0.717, 1.165) is 51.0 Å². The predicted octanol–water partition coefficient (Wildman–Crippen LogP) is 2.80. The fraction of sp³-hybridized carbons (Fsp3) is 0.700. The Labute approximate surface area is 186 Å². The predicted molar refractivity (Wildman–Crippen MR) is 126 cm³/mol. The number of rotatable bonds is 10. The molecule has 0 bridgehead atoms. The molecule has 0 radical (unpaired) electrons. The van der Waals surface area contributed by atoms with Gasteiger partial charge in [-0.25, -0.2) is 4.98 Å². The molecule has 1 saturated heterocycles. The summed E-state index contributed by atoms with van der Waals surface area (Å²) in [4.78, 5) is 11.3. The number of anilines is 1. The van der Waals surface area contributed by atoms with Crippen molar-refractivity contribution in [3.63, 3.8) is 0 Å². The Morgan fingerprint density at radius 1 is 1.14 bits per heavy atom. The van der Waals surface area contributed by atoms with Crippen LogP contribution in [0.5, 0.6) is 0 Å². The standard InChI is InChI=1S/C20H35N5O2.HI/c1-21-20(23-9-7-13-27-15-14-26-2)24-17-18-8-10-22-19(16-18)25-11-5-3-4-6-12-25;/h8,10,16H,3-7,9,11-15,17H2,1-2H3,(H2,21,23,24);1H. The molecule has 1 fully saturated rings. The maximum absolute atomic E-state index is 5.46. The van der Waals surface area contributed by atoms with E-state index in [1.165, 1.54) is 31.2 Å². The Bertz CT molecular complexity index is 551. The van der Waals surface area contributed by atoms with Crippen LogP contribution in [0.2, 0.25) is 0 Å². The molecule has 0 amide bonds. The highest BCUT2D eigenvalue weighted by atomic mass is 127. The molecule has 0 unspecified atom stereocenters. The average Bonchev–Trinajstić information content (AvgIpc) is 2.99. The molecule has 160 valence electrons. The smallest absolute Gasteiger partial charge is 0.191 e. The minimum Gasteiger partial charge on any atom is -0.382 e. The Morgan fingerprint density at radius 3 is 2.64 bits per heavy atom. The van der Waals surface area contributed by atoms with E-state index < -0.39 is 0 Å². The van der Waals surface area contributed by atoms with Gasteiger partial charge in [-0.2, -0.15) is 0 Å². The zero-order chi connectivity index (χ0) is 19.2. The summed E-state index contributed by atoms with van der Waals surface area (Å²) in [5, 5.41) is 6.69. The van der Waals surface area contributed by atoms with E-state index >= 15 is 0 Å². The Balaban J connectivity index is 0.00000392. The molecular weight excluding hydrogens is 469 g/mol. The zero-order valence-electron chi connectivity index (χ0n) is 17.3. The minimum atomic E-state index is 0. The normalized spacial score (nSPS) is 14.9. The number of nitrogens with zero attached hydrogens (tertiary/aromatic N) is 3. The van der Waals surface area contributed by atoms with Crippen molar-refractivity contribution in [1.29, 1.82) is 0 Å². The second-order valence-corrected chi connectivity index (χ2v) is 6.73. The molecule has 1 aromatic heterocycles. The van der Waals surface area contributed by atoms with Gasteiger partial charge in [-0.1, -0.05) is 12.8 Å². The first-order valence-electron chi connectivity index (χ1n) is 10.0. The first-order valence-corrected chi connectivity index (χ1v) is 10.0. The van der Waals surface area contributed by atoms with Gasteiger partial charge in [0.05, 0.1) is 13.2 Å². The Hall–Kier alpha value is -1.13. The van der Waals surface area contributed by atoms with Crippen molar-refractivity contribution in [3.8, 4) is 0 Å². The van der Waals surface area contributed by atoms with Crippen LogP contribution in [0.3, 0.4) is 0 Å². The molecule has 0 spiro atoms. The lowest BCUT2D eigenvalue weighted by Gasteiger charge is -2.22. The molecule has 1 aliphatic rings. The first kappa shape index (κ1) is 24.9. The van der Waals surface area contributed by atoms with Gasteiger partial charge >= 0.3 is 0 Å². The number of aliphatic imine (C=N–C) groups is 1. The van der Waals surface area contributed by atoms with E-state index in [2.05, 4.69) is 37.6 Å². The van der Waals surface area contributed by atoms with Gasteiger partial charge in [0.1, 0.15) is 5.82 Å². The lowest BCUT2D eigenvalue weighted by molar-refractivity contribution is 0.0698. The molecule has 1 aliphatic heterocycles. The number of hydrogen-bond donors (Lipinski definition) is 2. The maximum atomic E-state index is 5.46. The quantitative estimate of drug-likeness (QED) is 0.221. The zero-order valence-corrected chi connectivity index (χ0v) is 19.6. The van der Waals surface area contributed by atoms with E-state index in [4.69, 9.17) is 9.47 Å². The van der Waals surface area contributed by atoms with Crippen LogP contribution < -0.4 is 15.5 Å². The number of aromatic nitrogens is 1. The second kappa shape index (κ2) is 15.8. The summed E-state index contributed by atoms with van der Waals surface area (Å²) in [6.07, 6.45) is 8.02. The summed E-state index contributed by atoms with van der Waals surface area (Å²) in [6.45, 7) is 5.78. The molecule has 2 heterocycles. The van der Waals surface area contributed by atoms with Gasteiger partial charge in [-0.05, 0) is 37.0 Å². The second-order valence-electron chi connectivity index (χ2n) is 6.73. The van der Waals surface area contributed by atoms with Gasteiger partial charge in [-0.3, -0.25) is 4.99 Å². The molecule has 0 aliphatic carbocycles. The number of ether oxygens (including phenoxy) is 2. The van der Waals surface area contributed by atoms with Crippen molar-refractivity contribution in [2.45, 2.75) is 38.6 Å². The van der Waals surface area contributed by atoms with Gasteiger partial charge in [0, 0.05) is 53.1 Å². The summed E-state index contributed by atoms with van der Waals surface area (Å²) < 4.78 is 10.4. The lowest BCUT2D eigenvalue weighted by atomic mass is 10.2. The van der Waals surface area contributed by atoms with Crippen LogP contribution >= 0.6 is 24.0 Å². The van der Waals surface area contributed by atoms with Crippen molar-refractivity contribution < 1.29 is 9.47 Å². The summed E-state index contributed by atoms with van der Waals surface area (Å²) in [5.74, 6) is 1.90. The summed E-state index contributed by atoms with van der Waals surface area (Å²) in [5.41, 5.74) is 1.22. The summed E-state index contributed by atoms with van der Waals surface area (Å²) in [7, 11) is 3.47. The highest BCUT2D eigenvalue weighted by Gasteiger charge is 2.11. The van der Waals surface area contributed by atoms with E-state index in [-0.39, 0.29) is 24.0 Å². The van der Waals surface area contributed by atoms with Gasteiger partial charge in [0.2, 0.25) is 0 Å². The third-order valence-corrected chi connectivity index (χ3v) is 4.61. The van der Waals surface area contributed by atoms with Crippen LogP contribution in [-0.4, -0.2) is 64.6 Å². The first-order chi connectivity index (χ1) is 13.3. The van der Waals surface area contributed by atoms with Crippen LogP contribution in [0.15, 0.2) is 23.3 Å². The third-order valence-electron chi connectivity index (χ3n) is 4.61. The van der Waals surface area contributed by atoms with Crippen molar-refractivity contribution in [2.75, 3.05) is 58.5 Å². The van der Waals surface area contributed by atoms with Crippen LogP contribution in [-0.2, 0) is 16.0 Å².